The Morgan fingerprint density at radius 1 is 0.425 bits per heavy atom. The predicted molar refractivity (Wildman–Crippen MR) is 257 cm³/mol. The molecule has 0 bridgehead atoms. The number of rotatable bonds is 17. The van der Waals surface area contributed by atoms with E-state index in [4.69, 9.17) is 59.0 Å². The zero-order valence-electron chi connectivity index (χ0n) is 38.8. The lowest BCUT2D eigenvalue weighted by molar-refractivity contribution is -0.348. The molecule has 2 heterocycles. The average Bonchev–Trinajstić information content (AvgIpc) is 3.44. The van der Waals surface area contributed by atoms with Crippen molar-refractivity contribution in [1.82, 2.24) is 0 Å². The highest BCUT2D eigenvalue weighted by Crippen LogP contribution is 2.37. The van der Waals surface area contributed by atoms with Crippen LogP contribution in [0.15, 0.2) is 176 Å². The minimum absolute atomic E-state index is 0.0259. The zero-order valence-corrected chi connectivity index (χ0v) is 39.5. The van der Waals surface area contributed by atoms with E-state index in [2.05, 4.69) is 0 Å². The molecule has 0 radical (unpaired) electrons. The highest BCUT2D eigenvalue weighted by Gasteiger charge is 2.58. The van der Waals surface area contributed by atoms with Crippen molar-refractivity contribution in [2.45, 2.75) is 61.4 Å². The molecule has 0 aromatic heterocycles. The van der Waals surface area contributed by atoms with Crippen LogP contribution in [-0.4, -0.2) is 122 Å². The molecule has 10 atom stereocenters. The number of carbonyl (C=O) groups is 6. The summed E-state index contributed by atoms with van der Waals surface area (Å²) in [5.41, 5.74) is 0.341. The largest absolute Gasteiger partial charge is 0.497 e. The molecule has 2 fully saturated rings. The number of hydrogen-bond acceptors (Lipinski definition) is 17. The first-order chi connectivity index (χ1) is 35.5. The van der Waals surface area contributed by atoms with Gasteiger partial charge in [-0.2, -0.15) is 0 Å². The molecule has 73 heavy (non-hydrogen) atoms. The topological polar surface area (TPSA) is 215 Å². The molecule has 2 saturated heterocycles. The minimum atomic E-state index is -2.07. The van der Waals surface area contributed by atoms with E-state index in [1.54, 1.807) is 91.0 Å². The Hall–Kier alpha value is -7.93. The summed E-state index contributed by atoms with van der Waals surface area (Å²) in [4.78, 5) is 83.8. The summed E-state index contributed by atoms with van der Waals surface area (Å²) in [6, 6.07) is 44.8. The number of aliphatic hydroxyl groups excluding tert-OH is 1. The molecule has 8 rings (SSSR count). The Balaban J connectivity index is 1.24. The summed E-state index contributed by atoms with van der Waals surface area (Å²) >= 11 is 6.64. The van der Waals surface area contributed by atoms with E-state index in [1.807, 2.05) is 0 Å². The highest BCUT2D eigenvalue weighted by molar-refractivity contribution is 6.18. The fourth-order valence-corrected chi connectivity index (χ4v) is 8.17. The number of methoxy groups -OCH3 is 1. The van der Waals surface area contributed by atoms with Crippen molar-refractivity contribution in [3.63, 3.8) is 0 Å². The molecule has 6 aromatic carbocycles. The van der Waals surface area contributed by atoms with Gasteiger partial charge in [0.25, 0.3) is 0 Å². The maximum Gasteiger partial charge on any atom is 0.338 e. The number of halogens is 1. The number of ether oxygens (including phenoxy) is 10. The third kappa shape index (κ3) is 12.8. The second kappa shape index (κ2) is 24.5. The van der Waals surface area contributed by atoms with Crippen LogP contribution in [0.2, 0.25) is 0 Å². The van der Waals surface area contributed by atoms with Crippen LogP contribution in [0.3, 0.4) is 0 Å². The highest BCUT2D eigenvalue weighted by atomic mass is 35.5. The molecule has 17 nitrogen and oxygen atoms in total. The van der Waals surface area contributed by atoms with Gasteiger partial charge in [-0.1, -0.05) is 91.0 Å². The van der Waals surface area contributed by atoms with Gasteiger partial charge in [-0.3, -0.25) is 0 Å². The van der Waals surface area contributed by atoms with Crippen molar-refractivity contribution >= 4 is 47.4 Å². The van der Waals surface area contributed by atoms with Gasteiger partial charge in [0.1, 0.15) is 30.7 Å². The smallest absolute Gasteiger partial charge is 0.338 e. The molecule has 2 aliphatic rings. The lowest BCUT2D eigenvalue weighted by atomic mass is 9.96. The molecule has 0 unspecified atom stereocenters. The van der Waals surface area contributed by atoms with Crippen LogP contribution < -0.4 is 4.74 Å². The molecule has 0 amide bonds. The van der Waals surface area contributed by atoms with Crippen LogP contribution >= 0.6 is 11.6 Å². The molecule has 0 aliphatic carbocycles. The van der Waals surface area contributed by atoms with Crippen molar-refractivity contribution in [3.8, 4) is 5.75 Å². The third-order valence-corrected chi connectivity index (χ3v) is 11.9. The summed E-state index contributed by atoms with van der Waals surface area (Å²) in [6.07, 6.45) is -17.9. The summed E-state index contributed by atoms with van der Waals surface area (Å²) in [7, 11) is 1.45. The van der Waals surface area contributed by atoms with Crippen LogP contribution in [0.4, 0.5) is 0 Å². The van der Waals surface area contributed by atoms with Gasteiger partial charge in [0, 0.05) is 0 Å². The summed E-state index contributed by atoms with van der Waals surface area (Å²) < 4.78 is 60.7. The van der Waals surface area contributed by atoms with Gasteiger partial charge >= 0.3 is 35.8 Å². The maximum absolute atomic E-state index is 14.2. The van der Waals surface area contributed by atoms with Crippen molar-refractivity contribution in [2.24, 2.45) is 0 Å². The Labute approximate surface area is 423 Å². The normalized spacial score (nSPS) is 23.4. The van der Waals surface area contributed by atoms with Gasteiger partial charge in [-0.25, -0.2) is 28.8 Å². The molecule has 0 spiro atoms. The SMILES string of the molecule is COc1ccc(C(=O)O[C@@H]2[C@H](OC(=O)c3ccccc3)[C@@H](OC(=O)c3ccccc3)[C@H](O[C@H]3[C@H](OC(=O)c4ccccc4)[C@@H](OC(=O)c4ccccc4)[C@H](O)O[C@@H]3COC(=O)c3ccccc3)O[C@@H]2CCl)cc1. The van der Waals surface area contributed by atoms with Gasteiger partial charge in [-0.05, 0) is 84.9 Å². The predicted octanol–water partition coefficient (Wildman–Crippen LogP) is 7.05. The fourth-order valence-electron chi connectivity index (χ4n) is 7.92. The molecule has 376 valence electrons. The van der Waals surface area contributed by atoms with Crippen LogP contribution in [0.25, 0.3) is 0 Å². The van der Waals surface area contributed by atoms with Crippen molar-refractivity contribution in [3.05, 3.63) is 209 Å². The lowest BCUT2D eigenvalue weighted by Gasteiger charge is -2.48. The van der Waals surface area contributed by atoms with Gasteiger partial charge in [0.15, 0.2) is 43.1 Å². The number of alkyl halides is 1. The third-order valence-electron chi connectivity index (χ3n) is 11.6. The van der Waals surface area contributed by atoms with Crippen molar-refractivity contribution in [2.75, 3.05) is 19.6 Å². The monoisotopic (exact) mass is 1010 g/mol. The maximum atomic E-state index is 14.2. The number of esters is 6. The molecular formula is C55H47ClO17. The minimum Gasteiger partial charge on any atom is -0.497 e. The number of aliphatic hydroxyl groups is 1. The van der Waals surface area contributed by atoms with E-state index in [9.17, 15) is 33.9 Å². The summed E-state index contributed by atoms with van der Waals surface area (Å²) in [5, 5.41) is 11.7. The molecule has 2 aliphatic heterocycles. The van der Waals surface area contributed by atoms with Crippen LogP contribution in [0, 0.1) is 0 Å². The first-order valence-corrected chi connectivity index (χ1v) is 23.4. The van der Waals surface area contributed by atoms with E-state index in [0.29, 0.717) is 5.75 Å². The van der Waals surface area contributed by atoms with Crippen LogP contribution in [0.5, 0.6) is 5.75 Å². The van der Waals surface area contributed by atoms with E-state index in [-0.39, 0.29) is 33.4 Å². The first-order valence-electron chi connectivity index (χ1n) is 22.8. The Morgan fingerprint density at radius 2 is 0.781 bits per heavy atom. The molecule has 18 heteroatoms. The molecule has 6 aromatic rings. The van der Waals surface area contributed by atoms with E-state index >= 15 is 0 Å². The Kier molecular flexibility index (Phi) is 17.2. The van der Waals surface area contributed by atoms with Crippen molar-refractivity contribution in [1.29, 1.82) is 0 Å². The Bertz CT molecular complexity index is 2800. The van der Waals surface area contributed by atoms with Gasteiger partial charge < -0.3 is 52.5 Å². The molecular weight excluding hydrogens is 968 g/mol. The lowest BCUT2D eigenvalue weighted by Crippen LogP contribution is -2.67. The van der Waals surface area contributed by atoms with E-state index in [1.165, 1.54) is 92.0 Å². The standard InChI is InChI=1S/C55H47ClO17/c1-64-39-29-27-38(28-30-39)53(62)68-42-40(31-56)67-55(47(72-52(61)37-25-15-6-16-26-37)45(42)70-50(59)35-21-11-4-12-22-35)73-43-41(32-65-48(57)33-17-7-2-8-18-33)66-54(63)46(71-51(60)36-23-13-5-14-24-36)44(43)69-49(58)34-19-9-3-10-20-34/h2-30,40-47,54-55,63H,31-32H2,1H3/t40-,41-,42+,43-,44+,45+,46-,47-,54-,55+/m1/s1. The summed E-state index contributed by atoms with van der Waals surface area (Å²) in [5.74, 6) is -5.68. The quantitative estimate of drug-likeness (QED) is 0.0550. The number of benzene rings is 6. The zero-order chi connectivity index (χ0) is 51.3. The van der Waals surface area contributed by atoms with Gasteiger partial charge in [-0.15, -0.1) is 11.6 Å². The first kappa shape index (κ1) is 51.4. The summed E-state index contributed by atoms with van der Waals surface area (Å²) in [6.45, 7) is -0.706. The Morgan fingerprint density at radius 3 is 1.19 bits per heavy atom. The van der Waals surface area contributed by atoms with E-state index in [0.717, 1.165) is 0 Å². The second-order valence-corrected chi connectivity index (χ2v) is 16.7. The molecule has 1 N–H and O–H groups in total. The molecule has 0 saturated carbocycles. The average molecular weight is 1020 g/mol. The van der Waals surface area contributed by atoms with Crippen molar-refractivity contribution < 1.29 is 81.2 Å². The number of carbonyl (C=O) groups excluding carboxylic acids is 6. The second-order valence-electron chi connectivity index (χ2n) is 16.4. The fraction of sp³-hybridized carbons (Fsp3) is 0.236. The van der Waals surface area contributed by atoms with Gasteiger partial charge in [0.2, 0.25) is 0 Å². The van der Waals surface area contributed by atoms with E-state index < -0.39 is 110 Å². The number of hydrogen-bond donors (Lipinski definition) is 1. The van der Waals surface area contributed by atoms with Crippen LogP contribution in [0.1, 0.15) is 62.1 Å². The van der Waals surface area contributed by atoms with Crippen LogP contribution in [-0.2, 0) is 42.6 Å². The van der Waals surface area contributed by atoms with Gasteiger partial charge in [0.05, 0.1) is 46.4 Å².